The van der Waals surface area contributed by atoms with Crippen LogP contribution in [0.1, 0.15) is 0 Å². The third-order valence-electron chi connectivity index (χ3n) is 8.62. The Morgan fingerprint density at radius 2 is 1.02 bits per heavy atom. The lowest BCUT2D eigenvalue weighted by Gasteiger charge is -2.26. The van der Waals surface area contributed by atoms with E-state index in [1.807, 2.05) is 24.3 Å². The zero-order valence-electron chi connectivity index (χ0n) is 24.3. The Labute approximate surface area is 260 Å². The van der Waals surface area contributed by atoms with Crippen molar-refractivity contribution in [1.82, 2.24) is 9.55 Å². The molecule has 0 saturated heterocycles. The summed E-state index contributed by atoms with van der Waals surface area (Å²) >= 11 is 0. The van der Waals surface area contributed by atoms with Gasteiger partial charge >= 0.3 is 0 Å². The van der Waals surface area contributed by atoms with Crippen LogP contribution in [0.2, 0.25) is 0 Å². The summed E-state index contributed by atoms with van der Waals surface area (Å²) in [4.78, 5) is 7.17. The smallest absolute Gasteiger partial charge is 0.227 e. The number of benzene rings is 7. The molecule has 4 heteroatoms. The first-order valence-electron chi connectivity index (χ1n) is 15.1. The monoisotopic (exact) mass is 577 g/mol. The number of para-hydroxylation sites is 3. The van der Waals surface area contributed by atoms with Gasteiger partial charge in [-0.05, 0) is 84.2 Å². The van der Waals surface area contributed by atoms with Gasteiger partial charge in [-0.3, -0.25) is 0 Å². The molecule has 0 aliphatic carbocycles. The van der Waals surface area contributed by atoms with E-state index in [1.54, 1.807) is 0 Å². The minimum atomic E-state index is 0.620. The second-order valence-corrected chi connectivity index (χ2v) is 11.3. The number of hydrogen-bond donors (Lipinski definition) is 0. The van der Waals surface area contributed by atoms with Crippen molar-refractivity contribution in [1.29, 1.82) is 0 Å². The minimum Gasteiger partial charge on any atom is -0.436 e. The maximum atomic E-state index is 6.21. The molecule has 0 aliphatic rings. The van der Waals surface area contributed by atoms with Crippen LogP contribution in [0.5, 0.6) is 0 Å². The SMILES string of the molecule is c1ccc(N(c2ccc(-c3nc4c(ccc5ccccc54)o3)cc2)c2ccc(-n3c4ccccc4c4ccccc43)cc2)cc1. The van der Waals surface area contributed by atoms with Gasteiger partial charge in [0.1, 0.15) is 5.52 Å². The summed E-state index contributed by atoms with van der Waals surface area (Å²) in [7, 11) is 0. The molecule has 0 aliphatic heterocycles. The van der Waals surface area contributed by atoms with Gasteiger partial charge in [0.15, 0.2) is 5.58 Å². The Kier molecular flexibility index (Phi) is 5.78. The lowest BCUT2D eigenvalue weighted by molar-refractivity contribution is 0.620. The van der Waals surface area contributed by atoms with Crippen molar-refractivity contribution in [2.24, 2.45) is 0 Å². The van der Waals surface area contributed by atoms with Gasteiger partial charge in [-0.15, -0.1) is 0 Å². The lowest BCUT2D eigenvalue weighted by atomic mass is 10.1. The summed E-state index contributed by atoms with van der Waals surface area (Å²) in [6.45, 7) is 0. The molecule has 7 aromatic carbocycles. The highest BCUT2D eigenvalue weighted by atomic mass is 16.3. The molecule has 0 saturated carbocycles. The summed E-state index contributed by atoms with van der Waals surface area (Å²) in [5, 5.41) is 4.77. The van der Waals surface area contributed by atoms with Gasteiger partial charge in [0.05, 0.1) is 11.0 Å². The molecule has 0 bridgehead atoms. The summed E-state index contributed by atoms with van der Waals surface area (Å²) < 4.78 is 8.56. The van der Waals surface area contributed by atoms with Gasteiger partial charge in [0.25, 0.3) is 0 Å². The largest absolute Gasteiger partial charge is 0.436 e. The minimum absolute atomic E-state index is 0.620. The van der Waals surface area contributed by atoms with Crippen molar-refractivity contribution in [3.63, 3.8) is 0 Å². The van der Waals surface area contributed by atoms with Gasteiger partial charge in [-0.1, -0.05) is 84.9 Å². The van der Waals surface area contributed by atoms with Crippen molar-refractivity contribution < 1.29 is 4.42 Å². The zero-order chi connectivity index (χ0) is 29.7. The maximum absolute atomic E-state index is 6.21. The molecule has 0 radical (unpaired) electrons. The highest BCUT2D eigenvalue weighted by Gasteiger charge is 2.16. The molecule has 212 valence electrons. The van der Waals surface area contributed by atoms with Crippen LogP contribution >= 0.6 is 0 Å². The first-order chi connectivity index (χ1) is 22.3. The highest BCUT2D eigenvalue weighted by Crippen LogP contribution is 2.38. The van der Waals surface area contributed by atoms with E-state index in [-0.39, 0.29) is 0 Å². The molecule has 2 aromatic heterocycles. The van der Waals surface area contributed by atoms with Crippen LogP contribution in [0.25, 0.3) is 60.8 Å². The summed E-state index contributed by atoms with van der Waals surface area (Å²) in [5.74, 6) is 0.620. The van der Waals surface area contributed by atoms with Crippen molar-refractivity contribution in [2.75, 3.05) is 4.90 Å². The summed E-state index contributed by atoms with van der Waals surface area (Å²) in [6.07, 6.45) is 0. The van der Waals surface area contributed by atoms with Gasteiger partial charge in [-0.25, -0.2) is 4.98 Å². The molecular weight excluding hydrogens is 550 g/mol. The molecule has 4 nitrogen and oxygen atoms in total. The van der Waals surface area contributed by atoms with Crippen molar-refractivity contribution in [3.8, 4) is 17.1 Å². The number of rotatable bonds is 5. The average Bonchev–Trinajstić information content (AvgIpc) is 3.70. The van der Waals surface area contributed by atoms with E-state index >= 15 is 0 Å². The molecule has 0 fully saturated rings. The first kappa shape index (κ1) is 25.4. The van der Waals surface area contributed by atoms with Crippen LogP contribution in [-0.4, -0.2) is 9.55 Å². The van der Waals surface area contributed by atoms with Gasteiger partial charge in [0.2, 0.25) is 5.89 Å². The zero-order valence-corrected chi connectivity index (χ0v) is 24.3. The second-order valence-electron chi connectivity index (χ2n) is 11.3. The van der Waals surface area contributed by atoms with Crippen LogP contribution in [0.4, 0.5) is 17.1 Å². The molecule has 9 aromatic rings. The van der Waals surface area contributed by atoms with Crippen molar-refractivity contribution in [3.05, 3.63) is 164 Å². The lowest BCUT2D eigenvalue weighted by Crippen LogP contribution is -2.10. The molecule has 0 spiro atoms. The van der Waals surface area contributed by atoms with Gasteiger partial charge in [0, 0.05) is 44.5 Å². The van der Waals surface area contributed by atoms with Crippen LogP contribution in [0.3, 0.4) is 0 Å². The maximum Gasteiger partial charge on any atom is 0.227 e. The molecule has 0 unspecified atom stereocenters. The van der Waals surface area contributed by atoms with E-state index in [2.05, 4.69) is 149 Å². The normalized spacial score (nSPS) is 11.6. The molecule has 45 heavy (non-hydrogen) atoms. The quantitative estimate of drug-likeness (QED) is 0.204. The number of hydrogen-bond acceptors (Lipinski definition) is 3. The van der Waals surface area contributed by atoms with E-state index in [9.17, 15) is 0 Å². The molecule has 0 N–H and O–H groups in total. The van der Waals surface area contributed by atoms with Crippen molar-refractivity contribution >= 4 is 60.7 Å². The van der Waals surface area contributed by atoms with E-state index in [4.69, 9.17) is 9.40 Å². The van der Waals surface area contributed by atoms with Crippen LogP contribution in [0, 0.1) is 0 Å². The standard InChI is InChI=1S/C41H27N3O/c1-2-11-30(12-3-1)43(31-21-18-29(19-22-31)41-42-40-34-13-5-4-10-28(34)20-27-39(40)45-41)32-23-25-33(26-24-32)44-37-16-8-6-14-35(37)36-15-7-9-17-38(36)44/h1-27H. The fourth-order valence-corrected chi connectivity index (χ4v) is 6.51. The molecule has 9 rings (SSSR count). The third kappa shape index (κ3) is 4.19. The van der Waals surface area contributed by atoms with Crippen LogP contribution in [0.15, 0.2) is 168 Å². The average molecular weight is 578 g/mol. The second kappa shape index (κ2) is 10.2. The van der Waals surface area contributed by atoms with E-state index in [0.29, 0.717) is 5.89 Å². The Hall–Kier alpha value is -6.13. The van der Waals surface area contributed by atoms with Gasteiger partial charge in [-0.2, -0.15) is 0 Å². The van der Waals surface area contributed by atoms with Crippen molar-refractivity contribution in [2.45, 2.75) is 0 Å². The Bertz CT molecular complexity index is 2420. The van der Waals surface area contributed by atoms with E-state index in [0.717, 1.165) is 50.2 Å². The number of fused-ring (bicyclic) bond motifs is 6. The van der Waals surface area contributed by atoms with Crippen LogP contribution in [-0.2, 0) is 0 Å². The Morgan fingerprint density at radius 3 is 1.71 bits per heavy atom. The Morgan fingerprint density at radius 1 is 0.467 bits per heavy atom. The highest BCUT2D eigenvalue weighted by molar-refractivity contribution is 6.09. The fraction of sp³-hybridized carbons (Fsp3) is 0. The summed E-state index contributed by atoms with van der Waals surface area (Å²) in [6, 6.07) is 57.3. The molecule has 2 heterocycles. The number of anilines is 3. The van der Waals surface area contributed by atoms with Gasteiger partial charge < -0.3 is 13.9 Å². The topological polar surface area (TPSA) is 34.2 Å². The Balaban J connectivity index is 1.11. The summed E-state index contributed by atoms with van der Waals surface area (Å²) in [5.41, 5.74) is 9.37. The van der Waals surface area contributed by atoms with E-state index in [1.165, 1.54) is 21.8 Å². The first-order valence-corrected chi connectivity index (χ1v) is 15.1. The predicted molar refractivity (Wildman–Crippen MR) is 186 cm³/mol. The molecule has 0 atom stereocenters. The fourth-order valence-electron chi connectivity index (χ4n) is 6.51. The number of nitrogens with zero attached hydrogens (tertiary/aromatic N) is 3. The number of oxazole rings is 1. The van der Waals surface area contributed by atoms with Crippen LogP contribution < -0.4 is 4.90 Å². The molecular formula is C41H27N3O. The number of aromatic nitrogens is 2. The predicted octanol–water partition coefficient (Wildman–Crippen LogP) is 11.2. The third-order valence-corrected chi connectivity index (χ3v) is 8.62. The van der Waals surface area contributed by atoms with E-state index < -0.39 is 0 Å². The molecule has 0 amide bonds.